The summed E-state index contributed by atoms with van der Waals surface area (Å²) in [5, 5.41) is 4.32. The van der Waals surface area contributed by atoms with Gasteiger partial charge in [0.25, 0.3) is 0 Å². The number of amides is 1. The summed E-state index contributed by atoms with van der Waals surface area (Å²) in [6.45, 7) is 8.54. The van der Waals surface area contributed by atoms with Gasteiger partial charge in [0.05, 0.1) is 18.0 Å². The number of nitrogens with zero attached hydrogens (tertiary/aromatic N) is 6. The number of alkyl halides is 3. The number of esters is 1. The zero-order valence-corrected chi connectivity index (χ0v) is 28.9. The SMILES string of the molecule is C=Cc1ccc([C@@H](Oc2cc(N3CCC4(CC3)C[C@@H](C(=O)OCC)N(C(=O)OCc3ccccc3)C4)nc(N)n2)C(F)(F)F)c(-n2ccc(C)n2)c1. The predicted octanol–water partition coefficient (Wildman–Crippen LogP) is 6.44. The molecule has 2 aliphatic rings. The fourth-order valence-corrected chi connectivity index (χ4v) is 6.81. The van der Waals surface area contributed by atoms with Crippen molar-refractivity contribution in [2.75, 3.05) is 36.9 Å². The van der Waals surface area contributed by atoms with Crippen LogP contribution in [0.1, 0.15) is 54.7 Å². The Labute approximate surface area is 299 Å². The minimum Gasteiger partial charge on any atom is -0.464 e. The predicted molar refractivity (Wildman–Crippen MR) is 187 cm³/mol. The lowest BCUT2D eigenvalue weighted by Gasteiger charge is -2.39. The van der Waals surface area contributed by atoms with Crippen LogP contribution in [0.4, 0.5) is 29.7 Å². The average molecular weight is 720 g/mol. The van der Waals surface area contributed by atoms with E-state index in [4.69, 9.17) is 19.9 Å². The normalized spacial score (nSPS) is 17.5. The first-order valence-electron chi connectivity index (χ1n) is 16.9. The maximum atomic E-state index is 14.7. The van der Waals surface area contributed by atoms with E-state index in [9.17, 15) is 22.8 Å². The van der Waals surface area contributed by atoms with Crippen molar-refractivity contribution >= 4 is 29.9 Å². The molecule has 0 saturated carbocycles. The van der Waals surface area contributed by atoms with Crippen LogP contribution in [0, 0.1) is 12.3 Å². The van der Waals surface area contributed by atoms with Crippen molar-refractivity contribution in [1.82, 2.24) is 24.6 Å². The Kier molecular flexibility index (Phi) is 10.4. The minimum atomic E-state index is -4.84. The first-order valence-corrected chi connectivity index (χ1v) is 16.9. The van der Waals surface area contributed by atoms with Crippen molar-refractivity contribution in [2.45, 2.75) is 58.0 Å². The molecule has 0 aliphatic carbocycles. The van der Waals surface area contributed by atoms with E-state index < -0.39 is 35.8 Å². The number of piperidine rings is 1. The highest BCUT2D eigenvalue weighted by Crippen LogP contribution is 2.45. The van der Waals surface area contributed by atoms with Gasteiger partial charge in [0, 0.05) is 37.5 Å². The van der Waals surface area contributed by atoms with Crippen LogP contribution in [0.2, 0.25) is 0 Å². The van der Waals surface area contributed by atoms with Crippen LogP contribution in [-0.2, 0) is 20.9 Å². The van der Waals surface area contributed by atoms with Gasteiger partial charge in [-0.25, -0.2) is 14.3 Å². The third kappa shape index (κ3) is 7.98. The van der Waals surface area contributed by atoms with Crippen LogP contribution in [0.5, 0.6) is 5.88 Å². The van der Waals surface area contributed by atoms with Crippen molar-refractivity contribution < 1.29 is 37.0 Å². The summed E-state index contributed by atoms with van der Waals surface area (Å²) in [5.41, 5.74) is 7.65. The van der Waals surface area contributed by atoms with Gasteiger partial charge in [-0.05, 0) is 61.8 Å². The van der Waals surface area contributed by atoms with Gasteiger partial charge >= 0.3 is 18.2 Å². The minimum absolute atomic E-state index is 0.0611. The van der Waals surface area contributed by atoms with E-state index in [1.165, 1.54) is 33.9 Å². The van der Waals surface area contributed by atoms with Gasteiger partial charge in [-0.3, -0.25) is 4.90 Å². The molecule has 1 amide bonds. The van der Waals surface area contributed by atoms with Crippen LogP contribution in [0.15, 0.2) is 73.4 Å². The Morgan fingerprint density at radius 2 is 1.83 bits per heavy atom. The number of carbonyl (C=O) groups excluding carboxylic acids is 2. The summed E-state index contributed by atoms with van der Waals surface area (Å²) >= 11 is 0. The van der Waals surface area contributed by atoms with Crippen molar-refractivity contribution in [1.29, 1.82) is 0 Å². The molecule has 4 aromatic rings. The monoisotopic (exact) mass is 719 g/mol. The number of benzene rings is 2. The number of likely N-dealkylation sites (tertiary alicyclic amines) is 1. The number of halogens is 3. The van der Waals surface area contributed by atoms with Gasteiger partial charge in [0.2, 0.25) is 17.9 Å². The quantitative estimate of drug-likeness (QED) is 0.182. The molecule has 15 heteroatoms. The summed E-state index contributed by atoms with van der Waals surface area (Å²) in [6, 6.07) is 15.9. The molecule has 2 saturated heterocycles. The van der Waals surface area contributed by atoms with Gasteiger partial charge in [0.15, 0.2) is 0 Å². The number of ether oxygens (including phenoxy) is 3. The van der Waals surface area contributed by atoms with Gasteiger partial charge in [-0.2, -0.15) is 28.2 Å². The summed E-state index contributed by atoms with van der Waals surface area (Å²) in [6.07, 6.45) is -3.25. The summed E-state index contributed by atoms with van der Waals surface area (Å²) in [4.78, 5) is 37.9. The lowest BCUT2D eigenvalue weighted by atomic mass is 9.76. The number of aromatic nitrogens is 4. The molecule has 2 atom stereocenters. The number of carbonyl (C=O) groups is 2. The fourth-order valence-electron chi connectivity index (χ4n) is 6.81. The number of nitrogen functional groups attached to an aromatic ring is 1. The van der Waals surface area contributed by atoms with E-state index in [1.807, 2.05) is 35.2 Å². The molecule has 12 nitrogen and oxygen atoms in total. The van der Waals surface area contributed by atoms with E-state index in [0.717, 1.165) is 5.56 Å². The third-order valence-electron chi connectivity index (χ3n) is 9.44. The van der Waals surface area contributed by atoms with Crippen LogP contribution < -0.4 is 15.4 Å². The number of hydrogen-bond acceptors (Lipinski definition) is 10. The molecular weight excluding hydrogens is 679 g/mol. The van der Waals surface area contributed by atoms with E-state index in [2.05, 4.69) is 21.6 Å². The Bertz CT molecular complexity index is 1910. The van der Waals surface area contributed by atoms with E-state index in [0.29, 0.717) is 49.4 Å². The number of nitrogens with two attached hydrogens (primary N) is 1. The van der Waals surface area contributed by atoms with Crippen molar-refractivity contribution in [3.8, 4) is 11.6 Å². The number of hydrogen-bond donors (Lipinski definition) is 1. The molecule has 0 unspecified atom stereocenters. The van der Waals surface area contributed by atoms with Crippen LogP contribution in [0.25, 0.3) is 11.8 Å². The van der Waals surface area contributed by atoms with Gasteiger partial charge in [0.1, 0.15) is 18.5 Å². The van der Waals surface area contributed by atoms with Crippen LogP contribution in [-0.4, -0.2) is 75.2 Å². The van der Waals surface area contributed by atoms with Gasteiger partial charge in [-0.1, -0.05) is 55.1 Å². The average Bonchev–Trinajstić information content (AvgIpc) is 3.73. The van der Waals surface area contributed by atoms with Crippen LogP contribution in [0.3, 0.4) is 0 Å². The third-order valence-corrected chi connectivity index (χ3v) is 9.44. The highest BCUT2D eigenvalue weighted by Gasteiger charge is 2.51. The number of anilines is 2. The van der Waals surface area contributed by atoms with Gasteiger partial charge < -0.3 is 24.8 Å². The summed E-state index contributed by atoms with van der Waals surface area (Å²) < 4.78 is 62.1. The summed E-state index contributed by atoms with van der Waals surface area (Å²) in [5.74, 6) is -0.805. The topological polar surface area (TPSA) is 138 Å². The molecule has 2 aromatic carbocycles. The Balaban J connectivity index is 1.19. The zero-order valence-electron chi connectivity index (χ0n) is 28.9. The lowest BCUT2D eigenvalue weighted by Crippen LogP contribution is -2.43. The molecule has 6 rings (SSSR count). The molecule has 2 N–H and O–H groups in total. The first-order chi connectivity index (χ1) is 24.9. The molecule has 2 fully saturated rings. The number of rotatable bonds is 10. The lowest BCUT2D eigenvalue weighted by molar-refractivity contribution is -0.198. The Hall–Kier alpha value is -5.60. The molecule has 2 aromatic heterocycles. The smallest absolute Gasteiger partial charge is 0.429 e. The number of aryl methyl sites for hydroxylation is 1. The molecule has 4 heterocycles. The van der Waals surface area contributed by atoms with Crippen molar-refractivity contribution in [3.05, 3.63) is 95.8 Å². The first kappa shape index (κ1) is 36.2. The van der Waals surface area contributed by atoms with Crippen molar-refractivity contribution in [2.24, 2.45) is 5.41 Å². The molecule has 2 aliphatic heterocycles. The highest BCUT2D eigenvalue weighted by molar-refractivity contribution is 5.82. The maximum Gasteiger partial charge on any atom is 0.429 e. The molecular formula is C37H40F3N7O5. The summed E-state index contributed by atoms with van der Waals surface area (Å²) in [7, 11) is 0. The van der Waals surface area contributed by atoms with E-state index >= 15 is 0 Å². The maximum absolute atomic E-state index is 14.7. The van der Waals surface area contributed by atoms with Gasteiger partial charge in [-0.15, -0.1) is 0 Å². The van der Waals surface area contributed by atoms with E-state index in [-0.39, 0.29) is 42.8 Å². The molecule has 1 spiro atoms. The molecule has 52 heavy (non-hydrogen) atoms. The molecule has 0 radical (unpaired) electrons. The fraction of sp³-hybridized carbons (Fsp3) is 0.378. The Morgan fingerprint density at radius 3 is 2.48 bits per heavy atom. The molecule has 0 bridgehead atoms. The van der Waals surface area contributed by atoms with Crippen molar-refractivity contribution in [3.63, 3.8) is 0 Å². The largest absolute Gasteiger partial charge is 0.464 e. The standard InChI is InChI=1S/C37H40F3N7O5/c1-4-25-11-12-27(28(19-25)47-16-13-24(3)44-47)32(37(38,39)40)52-31-20-30(42-34(41)43-31)45-17-14-36(15-18-45)21-29(33(48)50-5-2)46(23-36)35(49)51-22-26-9-7-6-8-10-26/h4,6-13,16,19-20,29,32H,1,5,14-15,17-18,21-23H2,2-3H3,(H2,41,42,43)/t29-,32+/m0/s1. The zero-order chi connectivity index (χ0) is 37.0. The van der Waals surface area contributed by atoms with E-state index in [1.54, 1.807) is 32.2 Å². The van der Waals surface area contributed by atoms with Crippen LogP contribution >= 0.6 is 0 Å². The second-order valence-corrected chi connectivity index (χ2v) is 13.0. The highest BCUT2D eigenvalue weighted by atomic mass is 19.4. The Morgan fingerprint density at radius 1 is 1.08 bits per heavy atom. The second-order valence-electron chi connectivity index (χ2n) is 13.0. The molecule has 274 valence electrons. The second kappa shape index (κ2) is 14.9.